The smallest absolute Gasteiger partial charge is 0.307 e. The molecule has 1 N–H and O–H groups in total. The number of hydrogen-bond donors (Lipinski definition) is 1. The molecule has 1 fully saturated rings. The molecule has 0 spiro atoms. The molecule has 1 aromatic heterocycles. The molecular formula is C9H8ClNO2. The zero-order valence-corrected chi connectivity index (χ0v) is 7.53. The van der Waals surface area contributed by atoms with E-state index < -0.39 is 5.97 Å². The van der Waals surface area contributed by atoms with E-state index in [1.807, 2.05) is 6.07 Å². The van der Waals surface area contributed by atoms with Crippen LogP contribution in [0.5, 0.6) is 0 Å². The molecule has 1 aliphatic carbocycles. The van der Waals surface area contributed by atoms with Crippen molar-refractivity contribution in [3.05, 3.63) is 29.0 Å². The van der Waals surface area contributed by atoms with Crippen LogP contribution in [0.15, 0.2) is 18.3 Å². The van der Waals surface area contributed by atoms with E-state index in [9.17, 15) is 4.79 Å². The fourth-order valence-corrected chi connectivity index (χ4v) is 1.75. The van der Waals surface area contributed by atoms with Crippen LogP contribution in [-0.2, 0) is 4.79 Å². The van der Waals surface area contributed by atoms with E-state index in [2.05, 4.69) is 4.98 Å². The van der Waals surface area contributed by atoms with E-state index in [-0.39, 0.29) is 11.8 Å². The van der Waals surface area contributed by atoms with Crippen LogP contribution < -0.4 is 0 Å². The van der Waals surface area contributed by atoms with E-state index >= 15 is 0 Å². The molecule has 1 saturated carbocycles. The minimum Gasteiger partial charge on any atom is -0.481 e. The number of aliphatic carboxylic acids is 1. The van der Waals surface area contributed by atoms with Gasteiger partial charge in [-0.2, -0.15) is 0 Å². The lowest BCUT2D eigenvalue weighted by Crippen LogP contribution is -1.99. The van der Waals surface area contributed by atoms with Crippen molar-refractivity contribution in [2.75, 3.05) is 0 Å². The van der Waals surface area contributed by atoms with Crippen molar-refractivity contribution in [2.45, 2.75) is 12.3 Å². The van der Waals surface area contributed by atoms with Crippen LogP contribution in [0, 0.1) is 5.92 Å². The monoisotopic (exact) mass is 197 g/mol. The van der Waals surface area contributed by atoms with Crippen LogP contribution in [0.3, 0.4) is 0 Å². The Morgan fingerprint density at radius 2 is 2.46 bits per heavy atom. The van der Waals surface area contributed by atoms with Gasteiger partial charge in [0.2, 0.25) is 0 Å². The molecule has 2 atom stereocenters. The van der Waals surface area contributed by atoms with Crippen LogP contribution in [0.2, 0.25) is 5.15 Å². The van der Waals surface area contributed by atoms with Crippen LogP contribution in [0.4, 0.5) is 0 Å². The van der Waals surface area contributed by atoms with Crippen LogP contribution in [-0.4, -0.2) is 16.1 Å². The third-order valence-corrected chi connectivity index (χ3v) is 2.61. The Morgan fingerprint density at radius 1 is 1.69 bits per heavy atom. The lowest BCUT2D eigenvalue weighted by molar-refractivity contribution is -0.138. The number of nitrogens with zero attached hydrogens (tertiary/aromatic N) is 1. The van der Waals surface area contributed by atoms with Crippen molar-refractivity contribution in [3.8, 4) is 0 Å². The van der Waals surface area contributed by atoms with Crippen molar-refractivity contribution >= 4 is 17.6 Å². The first-order valence-electron chi connectivity index (χ1n) is 4.03. The molecule has 0 radical (unpaired) electrons. The second-order valence-electron chi connectivity index (χ2n) is 3.17. The minimum absolute atomic E-state index is 0.0682. The Kier molecular flexibility index (Phi) is 1.96. The molecule has 0 aromatic carbocycles. The van der Waals surface area contributed by atoms with Gasteiger partial charge >= 0.3 is 5.97 Å². The first-order chi connectivity index (χ1) is 6.20. The van der Waals surface area contributed by atoms with Gasteiger partial charge in [0, 0.05) is 12.1 Å². The van der Waals surface area contributed by atoms with Crippen molar-refractivity contribution in [1.82, 2.24) is 4.98 Å². The highest BCUT2D eigenvalue weighted by atomic mass is 35.5. The zero-order chi connectivity index (χ0) is 9.42. The maximum atomic E-state index is 10.6. The summed E-state index contributed by atoms with van der Waals surface area (Å²) in [4.78, 5) is 14.5. The van der Waals surface area contributed by atoms with Crippen LogP contribution in [0.1, 0.15) is 17.9 Å². The van der Waals surface area contributed by atoms with Gasteiger partial charge in [0.1, 0.15) is 5.15 Å². The van der Waals surface area contributed by atoms with Gasteiger partial charge < -0.3 is 5.11 Å². The number of carboxylic acids is 1. The Morgan fingerprint density at radius 3 is 3.00 bits per heavy atom. The zero-order valence-electron chi connectivity index (χ0n) is 6.77. The van der Waals surface area contributed by atoms with Gasteiger partial charge in [0.15, 0.2) is 0 Å². The summed E-state index contributed by atoms with van der Waals surface area (Å²) in [5.41, 5.74) is 0.858. The van der Waals surface area contributed by atoms with E-state index in [1.54, 1.807) is 12.3 Å². The van der Waals surface area contributed by atoms with Gasteiger partial charge in [-0.1, -0.05) is 17.7 Å². The van der Waals surface area contributed by atoms with Crippen LogP contribution in [0.25, 0.3) is 0 Å². The summed E-state index contributed by atoms with van der Waals surface area (Å²) >= 11 is 5.83. The number of hydrogen-bond acceptors (Lipinski definition) is 2. The second-order valence-corrected chi connectivity index (χ2v) is 3.53. The summed E-state index contributed by atoms with van der Waals surface area (Å²) in [7, 11) is 0. The first kappa shape index (κ1) is 8.51. The highest BCUT2D eigenvalue weighted by molar-refractivity contribution is 6.30. The summed E-state index contributed by atoms with van der Waals surface area (Å²) in [6.45, 7) is 0. The summed E-state index contributed by atoms with van der Waals surface area (Å²) in [6.07, 6.45) is 2.28. The molecule has 13 heavy (non-hydrogen) atoms. The fourth-order valence-electron chi connectivity index (χ4n) is 1.49. The third-order valence-electron chi connectivity index (χ3n) is 2.30. The first-order valence-corrected chi connectivity index (χ1v) is 4.41. The Balaban J connectivity index is 2.21. The lowest BCUT2D eigenvalue weighted by Gasteiger charge is -1.99. The summed E-state index contributed by atoms with van der Waals surface area (Å²) < 4.78 is 0. The van der Waals surface area contributed by atoms with Crippen LogP contribution >= 0.6 is 11.6 Å². The van der Waals surface area contributed by atoms with Gasteiger partial charge in [-0.3, -0.25) is 4.79 Å². The highest BCUT2D eigenvalue weighted by Gasteiger charge is 2.45. The molecule has 0 amide bonds. The summed E-state index contributed by atoms with van der Waals surface area (Å²) in [5, 5.41) is 9.14. The molecule has 2 unspecified atom stereocenters. The molecule has 4 heteroatoms. The fraction of sp³-hybridized carbons (Fsp3) is 0.333. The Bertz CT molecular complexity index is 353. The molecule has 0 bridgehead atoms. The van der Waals surface area contributed by atoms with Crippen molar-refractivity contribution in [3.63, 3.8) is 0 Å². The molecule has 0 aliphatic heterocycles. The SMILES string of the molecule is O=C(O)C1CC1c1cccnc1Cl. The number of carbonyl (C=O) groups is 1. The van der Waals surface area contributed by atoms with Gasteiger partial charge in [-0.25, -0.2) is 4.98 Å². The third kappa shape index (κ3) is 1.52. The van der Waals surface area contributed by atoms with E-state index in [0.717, 1.165) is 5.56 Å². The van der Waals surface area contributed by atoms with E-state index in [1.165, 1.54) is 0 Å². The number of rotatable bonds is 2. The number of halogens is 1. The molecular weight excluding hydrogens is 190 g/mol. The largest absolute Gasteiger partial charge is 0.481 e. The van der Waals surface area contributed by atoms with Crippen molar-refractivity contribution in [1.29, 1.82) is 0 Å². The van der Waals surface area contributed by atoms with Gasteiger partial charge in [-0.15, -0.1) is 0 Å². The Labute approximate surface area is 80.4 Å². The van der Waals surface area contributed by atoms with Crippen molar-refractivity contribution < 1.29 is 9.90 Å². The van der Waals surface area contributed by atoms with E-state index in [4.69, 9.17) is 16.7 Å². The molecule has 3 nitrogen and oxygen atoms in total. The predicted octanol–water partition coefficient (Wildman–Crippen LogP) is 1.92. The maximum Gasteiger partial charge on any atom is 0.307 e. The molecule has 2 rings (SSSR count). The quantitative estimate of drug-likeness (QED) is 0.737. The van der Waals surface area contributed by atoms with Gasteiger partial charge in [-0.05, 0) is 18.1 Å². The normalized spacial score (nSPS) is 25.6. The highest BCUT2D eigenvalue weighted by Crippen LogP contribution is 2.49. The summed E-state index contributed by atoms with van der Waals surface area (Å²) in [6, 6.07) is 3.61. The second kappa shape index (κ2) is 3.00. The van der Waals surface area contributed by atoms with Gasteiger partial charge in [0.05, 0.1) is 5.92 Å². The molecule has 1 aromatic rings. The summed E-state index contributed by atoms with van der Waals surface area (Å²) in [5.74, 6) is -0.940. The molecule has 0 saturated heterocycles. The Hall–Kier alpha value is -1.09. The van der Waals surface area contributed by atoms with Gasteiger partial charge in [0.25, 0.3) is 0 Å². The predicted molar refractivity (Wildman–Crippen MR) is 47.7 cm³/mol. The number of pyridine rings is 1. The molecule has 1 aliphatic rings. The molecule has 68 valence electrons. The minimum atomic E-state index is -0.745. The molecule has 1 heterocycles. The number of carboxylic acid groups (broad SMARTS) is 1. The topological polar surface area (TPSA) is 50.2 Å². The van der Waals surface area contributed by atoms with E-state index in [0.29, 0.717) is 11.6 Å². The van der Waals surface area contributed by atoms with Crippen molar-refractivity contribution in [2.24, 2.45) is 5.92 Å². The number of aromatic nitrogens is 1. The average Bonchev–Trinajstić information content (AvgIpc) is 2.84. The standard InChI is InChI=1S/C9H8ClNO2/c10-8-5(2-1-3-11-8)6-4-7(6)9(12)13/h1-3,6-7H,4H2,(H,12,13). The average molecular weight is 198 g/mol. The maximum absolute atomic E-state index is 10.6. The lowest BCUT2D eigenvalue weighted by atomic mass is 10.1.